The summed E-state index contributed by atoms with van der Waals surface area (Å²) in [5.41, 5.74) is -0.555. The first kappa shape index (κ1) is 15.2. The number of esters is 1. The van der Waals surface area contributed by atoms with Crippen LogP contribution in [-0.2, 0) is 19.0 Å². The summed E-state index contributed by atoms with van der Waals surface area (Å²) in [6.07, 6.45) is 0.930. The minimum absolute atomic E-state index is 0.0353. The molecule has 3 aliphatic rings. The molecule has 1 heterocycles. The topological polar surface area (TPSA) is 44.8 Å². The largest absolute Gasteiger partial charge is 0.452 e. The summed E-state index contributed by atoms with van der Waals surface area (Å²) in [5, 5.41) is 0. The maximum atomic E-state index is 13.2. The molecule has 3 atom stereocenters. The van der Waals surface area contributed by atoms with Crippen LogP contribution < -0.4 is 0 Å². The van der Waals surface area contributed by atoms with Crippen LogP contribution in [0.25, 0.3) is 0 Å². The van der Waals surface area contributed by atoms with Gasteiger partial charge in [0, 0.05) is 18.3 Å². The van der Waals surface area contributed by atoms with Crippen molar-refractivity contribution in [2.24, 2.45) is 16.7 Å². The highest BCUT2D eigenvalue weighted by molar-refractivity contribution is 5.77. The van der Waals surface area contributed by atoms with Gasteiger partial charge in [-0.25, -0.2) is 4.79 Å². The average Bonchev–Trinajstić information content (AvgIpc) is 2.95. The maximum Gasteiger partial charge on any atom is 0.377 e. The lowest BCUT2D eigenvalue weighted by molar-refractivity contribution is -0.285. The van der Waals surface area contributed by atoms with E-state index in [-0.39, 0.29) is 16.7 Å². The van der Waals surface area contributed by atoms with E-state index in [0.29, 0.717) is 20.1 Å². The molecule has 0 aromatic carbocycles. The number of carbonyl (C=O) groups excluding carboxylic acids is 1. The van der Waals surface area contributed by atoms with Gasteiger partial charge in [0.05, 0.1) is 13.2 Å². The molecule has 6 heteroatoms. The third kappa shape index (κ3) is 1.69. The molecule has 120 valence electrons. The van der Waals surface area contributed by atoms with Crippen LogP contribution in [0.3, 0.4) is 0 Å². The minimum atomic E-state index is -3.51. The molecule has 2 saturated carbocycles. The van der Waals surface area contributed by atoms with Crippen molar-refractivity contribution in [1.82, 2.24) is 0 Å². The zero-order chi connectivity index (χ0) is 15.7. The zero-order valence-corrected chi connectivity index (χ0v) is 12.9. The summed E-state index contributed by atoms with van der Waals surface area (Å²) in [6.45, 7) is 7.56. The van der Waals surface area contributed by atoms with Crippen LogP contribution in [0, 0.1) is 16.7 Å². The molecule has 1 saturated heterocycles. The molecule has 2 bridgehead atoms. The van der Waals surface area contributed by atoms with Gasteiger partial charge in [0.2, 0.25) is 5.79 Å². The van der Waals surface area contributed by atoms with E-state index in [9.17, 15) is 13.6 Å². The molecule has 1 spiro atoms. The van der Waals surface area contributed by atoms with Crippen molar-refractivity contribution in [2.45, 2.75) is 58.4 Å². The van der Waals surface area contributed by atoms with Crippen molar-refractivity contribution in [3.8, 4) is 0 Å². The lowest BCUT2D eigenvalue weighted by Gasteiger charge is -2.46. The van der Waals surface area contributed by atoms with E-state index in [1.807, 2.05) is 0 Å². The molecule has 0 radical (unpaired) electrons. The Bertz CT molecular complexity index is 465. The van der Waals surface area contributed by atoms with Gasteiger partial charge in [0.15, 0.2) is 6.10 Å². The van der Waals surface area contributed by atoms with E-state index in [1.54, 1.807) is 0 Å². The van der Waals surface area contributed by atoms with Crippen molar-refractivity contribution in [3.63, 3.8) is 0 Å². The number of alkyl halides is 2. The van der Waals surface area contributed by atoms with Crippen LogP contribution in [0.15, 0.2) is 0 Å². The highest BCUT2D eigenvalue weighted by Gasteiger charge is 2.78. The van der Waals surface area contributed by atoms with Crippen LogP contribution in [0.5, 0.6) is 0 Å². The van der Waals surface area contributed by atoms with Crippen LogP contribution in [0.4, 0.5) is 8.78 Å². The van der Waals surface area contributed by atoms with Crippen LogP contribution in [0.1, 0.15) is 40.5 Å². The Hall–Kier alpha value is -0.750. The molecule has 4 nitrogen and oxygen atoms in total. The van der Waals surface area contributed by atoms with Crippen molar-refractivity contribution < 1.29 is 27.8 Å². The van der Waals surface area contributed by atoms with Gasteiger partial charge < -0.3 is 14.2 Å². The smallest absolute Gasteiger partial charge is 0.377 e. The van der Waals surface area contributed by atoms with Crippen molar-refractivity contribution in [1.29, 1.82) is 0 Å². The third-order valence-electron chi connectivity index (χ3n) is 6.12. The average molecular weight is 304 g/mol. The highest BCUT2D eigenvalue weighted by atomic mass is 19.3. The summed E-state index contributed by atoms with van der Waals surface area (Å²) in [7, 11) is 0. The number of fused-ring (bicyclic) bond motifs is 3. The predicted molar refractivity (Wildman–Crippen MR) is 69.7 cm³/mol. The maximum absolute atomic E-state index is 13.2. The van der Waals surface area contributed by atoms with Gasteiger partial charge in [-0.05, 0) is 18.3 Å². The lowest BCUT2D eigenvalue weighted by atomic mass is 9.68. The molecular weight excluding hydrogens is 282 g/mol. The third-order valence-corrected chi connectivity index (χ3v) is 6.12. The molecular formula is C15H22F2O4. The van der Waals surface area contributed by atoms with Gasteiger partial charge in [-0.3, -0.25) is 0 Å². The summed E-state index contributed by atoms with van der Waals surface area (Å²) >= 11 is 0. The molecule has 3 unspecified atom stereocenters. The summed E-state index contributed by atoms with van der Waals surface area (Å²) < 4.78 is 43.4. The van der Waals surface area contributed by atoms with E-state index in [1.165, 1.54) is 0 Å². The molecule has 0 N–H and O–H groups in total. The minimum Gasteiger partial charge on any atom is -0.452 e. The molecule has 0 amide bonds. The Morgan fingerprint density at radius 1 is 1.24 bits per heavy atom. The molecule has 3 rings (SSSR count). The number of ether oxygens (including phenoxy) is 3. The van der Waals surface area contributed by atoms with Crippen molar-refractivity contribution >= 4 is 5.97 Å². The fourth-order valence-electron chi connectivity index (χ4n) is 4.56. The van der Waals surface area contributed by atoms with E-state index < -0.39 is 23.8 Å². The zero-order valence-electron chi connectivity index (χ0n) is 12.9. The highest BCUT2D eigenvalue weighted by Crippen LogP contribution is 2.72. The summed E-state index contributed by atoms with van der Waals surface area (Å²) in [5.74, 6) is -6.13. The number of carbonyl (C=O) groups is 1. The summed E-state index contributed by atoms with van der Waals surface area (Å²) in [6, 6.07) is 0. The number of rotatable bonds is 2. The second-order valence-electron chi connectivity index (χ2n) is 7.28. The quantitative estimate of drug-likeness (QED) is 0.736. The Labute approximate surface area is 123 Å². The lowest BCUT2D eigenvalue weighted by Crippen LogP contribution is -2.56. The number of hydrogen-bond acceptors (Lipinski definition) is 4. The second kappa shape index (κ2) is 4.16. The van der Waals surface area contributed by atoms with Crippen LogP contribution in [-0.4, -0.2) is 37.0 Å². The Morgan fingerprint density at radius 2 is 1.81 bits per heavy atom. The first-order valence-corrected chi connectivity index (χ1v) is 7.43. The van der Waals surface area contributed by atoms with E-state index in [0.717, 1.165) is 12.8 Å². The van der Waals surface area contributed by atoms with Crippen LogP contribution in [0.2, 0.25) is 0 Å². The second-order valence-corrected chi connectivity index (χ2v) is 7.28. The fourth-order valence-corrected chi connectivity index (χ4v) is 4.56. The van der Waals surface area contributed by atoms with Gasteiger partial charge in [0.1, 0.15) is 0 Å². The first-order chi connectivity index (χ1) is 9.56. The van der Waals surface area contributed by atoms with Crippen molar-refractivity contribution in [2.75, 3.05) is 13.2 Å². The van der Waals surface area contributed by atoms with Gasteiger partial charge in [0.25, 0.3) is 0 Å². The van der Waals surface area contributed by atoms with Crippen molar-refractivity contribution in [3.05, 3.63) is 0 Å². The van der Waals surface area contributed by atoms with E-state index in [4.69, 9.17) is 14.2 Å². The predicted octanol–water partition coefficient (Wildman–Crippen LogP) is 2.75. The Morgan fingerprint density at radius 3 is 2.33 bits per heavy atom. The summed E-state index contributed by atoms with van der Waals surface area (Å²) in [4.78, 5) is 11.7. The number of halogens is 2. The number of hydrogen-bond donors (Lipinski definition) is 0. The molecule has 0 aromatic rings. The Kier molecular flexibility index (Phi) is 3.00. The van der Waals surface area contributed by atoms with Gasteiger partial charge >= 0.3 is 11.9 Å². The van der Waals surface area contributed by atoms with E-state index >= 15 is 0 Å². The molecule has 0 aromatic heterocycles. The first-order valence-electron chi connectivity index (χ1n) is 7.43. The fraction of sp³-hybridized carbons (Fsp3) is 0.933. The SMILES string of the molecule is CC(F)(F)C(=O)OC1C2CCC(C)(C2(C)C)C12OCCO2. The molecule has 3 fully saturated rings. The monoisotopic (exact) mass is 304 g/mol. The molecule has 21 heavy (non-hydrogen) atoms. The standard InChI is InChI=1S/C15H22F2O4/c1-12(2)9-5-6-13(12,3)15(19-7-8-20-15)10(9)21-11(18)14(4,16)17/h9-10H,5-8H2,1-4H3. The Balaban J connectivity index is 1.98. The normalized spacial score (nSPS) is 39.9. The molecule has 1 aliphatic heterocycles. The van der Waals surface area contributed by atoms with E-state index in [2.05, 4.69) is 20.8 Å². The molecule has 2 aliphatic carbocycles. The van der Waals surface area contributed by atoms with Gasteiger partial charge in [-0.15, -0.1) is 0 Å². The van der Waals surface area contributed by atoms with Gasteiger partial charge in [-0.2, -0.15) is 8.78 Å². The van der Waals surface area contributed by atoms with Gasteiger partial charge in [-0.1, -0.05) is 20.8 Å². The van der Waals surface area contributed by atoms with Crippen LogP contribution >= 0.6 is 0 Å².